The summed E-state index contributed by atoms with van der Waals surface area (Å²) in [7, 11) is 1.76. The predicted molar refractivity (Wildman–Crippen MR) is 68.8 cm³/mol. The lowest BCUT2D eigenvalue weighted by Gasteiger charge is -2.27. The second-order valence-electron chi connectivity index (χ2n) is 4.08. The van der Waals surface area contributed by atoms with Crippen LogP contribution in [-0.2, 0) is 14.3 Å². The molecule has 1 saturated carbocycles. The smallest absolute Gasteiger partial charge is 0.217 e. The van der Waals surface area contributed by atoms with E-state index in [1.165, 1.54) is 0 Å². The van der Waals surface area contributed by atoms with Gasteiger partial charge in [0.1, 0.15) is 0 Å². The third-order valence-corrected chi connectivity index (χ3v) is 2.88. The van der Waals surface area contributed by atoms with Crippen LogP contribution in [0.1, 0.15) is 52.4 Å². The van der Waals surface area contributed by atoms with Gasteiger partial charge < -0.3 is 15.2 Å². The Hall–Kier alpha value is -0.610. The van der Waals surface area contributed by atoms with Gasteiger partial charge in [0.05, 0.1) is 12.2 Å². The van der Waals surface area contributed by atoms with Crippen LogP contribution in [-0.4, -0.2) is 31.8 Å². The maximum absolute atomic E-state index is 10.5. The third kappa shape index (κ3) is 8.16. The van der Waals surface area contributed by atoms with Gasteiger partial charge in [-0.3, -0.25) is 4.79 Å². The highest BCUT2D eigenvalue weighted by atomic mass is 16.5. The Balaban J connectivity index is 0.00000121. The van der Waals surface area contributed by atoms with E-state index in [0.29, 0.717) is 25.2 Å². The fourth-order valence-electron chi connectivity index (χ4n) is 1.93. The topological polar surface area (TPSA) is 61.6 Å². The van der Waals surface area contributed by atoms with E-state index < -0.39 is 0 Å². The standard InChI is InChI=1S/C11H21NO3.C2H6/c1-14-9-4-6-10(7-5-9)15-8-2-3-11(12)13;1-2/h9-10H,2-8H2,1H3,(H2,12,13);1-2H3. The summed E-state index contributed by atoms with van der Waals surface area (Å²) in [5, 5.41) is 0. The SMILES string of the molecule is CC.COC1CCC(OCCCC(N)=O)CC1. The number of hydrogen-bond acceptors (Lipinski definition) is 3. The number of nitrogens with two attached hydrogens (primary N) is 1. The Labute approximate surface area is 105 Å². The molecule has 1 aliphatic carbocycles. The number of rotatable bonds is 6. The number of primary amides is 1. The summed E-state index contributed by atoms with van der Waals surface area (Å²) in [4.78, 5) is 10.5. The molecule has 4 nitrogen and oxygen atoms in total. The highest BCUT2D eigenvalue weighted by Crippen LogP contribution is 2.22. The zero-order chi connectivity index (χ0) is 13.1. The Morgan fingerprint density at radius 2 is 1.71 bits per heavy atom. The normalized spacial score (nSPS) is 23.7. The van der Waals surface area contributed by atoms with Gasteiger partial charge in [-0.25, -0.2) is 0 Å². The molecule has 1 aliphatic rings. The maximum Gasteiger partial charge on any atom is 0.217 e. The minimum atomic E-state index is -0.248. The van der Waals surface area contributed by atoms with E-state index in [2.05, 4.69) is 0 Å². The number of amides is 1. The van der Waals surface area contributed by atoms with Gasteiger partial charge in [0, 0.05) is 20.1 Å². The second-order valence-corrected chi connectivity index (χ2v) is 4.08. The molecule has 0 aromatic rings. The van der Waals surface area contributed by atoms with Gasteiger partial charge in [0.25, 0.3) is 0 Å². The van der Waals surface area contributed by atoms with Crippen LogP contribution in [0.25, 0.3) is 0 Å². The molecule has 0 aliphatic heterocycles. The summed E-state index contributed by atoms with van der Waals surface area (Å²) in [5.41, 5.74) is 5.04. The summed E-state index contributed by atoms with van der Waals surface area (Å²) in [6.07, 6.45) is 6.21. The second kappa shape index (κ2) is 10.5. The van der Waals surface area contributed by atoms with Gasteiger partial charge in [-0.1, -0.05) is 13.8 Å². The Morgan fingerprint density at radius 3 is 2.18 bits per heavy atom. The first kappa shape index (κ1) is 16.4. The molecule has 0 heterocycles. The number of carbonyl (C=O) groups is 1. The Kier molecular flexibility index (Phi) is 10.2. The first-order valence-corrected chi connectivity index (χ1v) is 6.65. The molecule has 0 spiro atoms. The molecule has 0 aromatic carbocycles. The summed E-state index contributed by atoms with van der Waals surface area (Å²) in [6.45, 7) is 4.64. The average Bonchev–Trinajstić information content (AvgIpc) is 2.37. The van der Waals surface area contributed by atoms with Gasteiger partial charge in [-0.2, -0.15) is 0 Å². The van der Waals surface area contributed by atoms with Crippen molar-refractivity contribution in [3.8, 4) is 0 Å². The lowest BCUT2D eigenvalue weighted by Crippen LogP contribution is -2.26. The fraction of sp³-hybridized carbons (Fsp3) is 0.923. The number of methoxy groups -OCH3 is 1. The summed E-state index contributed by atoms with van der Waals surface area (Å²) in [6, 6.07) is 0. The predicted octanol–water partition coefficient (Wildman–Crippen LogP) is 2.25. The number of hydrogen-bond donors (Lipinski definition) is 1. The zero-order valence-corrected chi connectivity index (χ0v) is 11.4. The van der Waals surface area contributed by atoms with E-state index in [0.717, 1.165) is 32.1 Å². The summed E-state index contributed by atoms with van der Waals surface area (Å²) >= 11 is 0. The van der Waals surface area contributed by atoms with Crippen molar-refractivity contribution in [1.29, 1.82) is 0 Å². The van der Waals surface area contributed by atoms with E-state index >= 15 is 0 Å². The quantitative estimate of drug-likeness (QED) is 0.730. The van der Waals surface area contributed by atoms with Crippen molar-refractivity contribution in [1.82, 2.24) is 0 Å². The van der Waals surface area contributed by atoms with Crippen LogP contribution in [0.15, 0.2) is 0 Å². The number of ether oxygens (including phenoxy) is 2. The molecule has 0 bridgehead atoms. The molecule has 0 radical (unpaired) electrons. The highest BCUT2D eigenvalue weighted by molar-refractivity contribution is 5.73. The molecule has 0 saturated heterocycles. The molecule has 1 amide bonds. The molecule has 0 unspecified atom stereocenters. The minimum absolute atomic E-state index is 0.248. The van der Waals surface area contributed by atoms with Gasteiger partial charge >= 0.3 is 0 Å². The molecule has 0 atom stereocenters. The monoisotopic (exact) mass is 245 g/mol. The Bertz CT molecular complexity index is 189. The van der Waals surface area contributed by atoms with Crippen molar-refractivity contribution < 1.29 is 14.3 Å². The highest BCUT2D eigenvalue weighted by Gasteiger charge is 2.20. The van der Waals surface area contributed by atoms with Crippen LogP contribution in [0.5, 0.6) is 0 Å². The third-order valence-electron chi connectivity index (χ3n) is 2.88. The first-order chi connectivity index (χ1) is 8.22. The molecule has 0 aromatic heterocycles. The molecule has 1 rings (SSSR count). The van der Waals surface area contributed by atoms with Crippen molar-refractivity contribution in [2.75, 3.05) is 13.7 Å². The van der Waals surface area contributed by atoms with E-state index in [1.807, 2.05) is 13.8 Å². The van der Waals surface area contributed by atoms with E-state index in [4.69, 9.17) is 15.2 Å². The van der Waals surface area contributed by atoms with E-state index in [-0.39, 0.29) is 5.91 Å². The van der Waals surface area contributed by atoms with Crippen molar-refractivity contribution in [3.05, 3.63) is 0 Å². The first-order valence-electron chi connectivity index (χ1n) is 6.65. The molecule has 1 fully saturated rings. The fourth-order valence-corrected chi connectivity index (χ4v) is 1.93. The van der Waals surface area contributed by atoms with Crippen LogP contribution in [0, 0.1) is 0 Å². The lowest BCUT2D eigenvalue weighted by atomic mass is 9.95. The van der Waals surface area contributed by atoms with Crippen molar-refractivity contribution >= 4 is 5.91 Å². The maximum atomic E-state index is 10.5. The molecule has 17 heavy (non-hydrogen) atoms. The van der Waals surface area contributed by atoms with Gasteiger partial charge in [-0.05, 0) is 32.1 Å². The van der Waals surface area contributed by atoms with Crippen LogP contribution >= 0.6 is 0 Å². The molecule has 102 valence electrons. The van der Waals surface area contributed by atoms with Crippen LogP contribution in [0.2, 0.25) is 0 Å². The molecule has 4 heteroatoms. The van der Waals surface area contributed by atoms with Crippen LogP contribution in [0.4, 0.5) is 0 Å². The zero-order valence-electron chi connectivity index (χ0n) is 11.4. The summed E-state index contributed by atoms with van der Waals surface area (Å²) < 4.78 is 10.9. The van der Waals surface area contributed by atoms with Crippen molar-refractivity contribution in [3.63, 3.8) is 0 Å². The van der Waals surface area contributed by atoms with E-state index in [9.17, 15) is 4.79 Å². The Morgan fingerprint density at radius 1 is 1.18 bits per heavy atom. The molecular weight excluding hydrogens is 218 g/mol. The largest absolute Gasteiger partial charge is 0.381 e. The minimum Gasteiger partial charge on any atom is -0.381 e. The van der Waals surface area contributed by atoms with Crippen molar-refractivity contribution in [2.45, 2.75) is 64.6 Å². The van der Waals surface area contributed by atoms with Gasteiger partial charge in [0.2, 0.25) is 5.91 Å². The van der Waals surface area contributed by atoms with Gasteiger partial charge in [-0.15, -0.1) is 0 Å². The van der Waals surface area contributed by atoms with Gasteiger partial charge in [0.15, 0.2) is 0 Å². The van der Waals surface area contributed by atoms with Crippen molar-refractivity contribution in [2.24, 2.45) is 5.73 Å². The molecule has 2 N–H and O–H groups in total. The molecular formula is C13H27NO3. The number of carbonyl (C=O) groups excluding carboxylic acids is 1. The van der Waals surface area contributed by atoms with Crippen LogP contribution < -0.4 is 5.73 Å². The lowest BCUT2D eigenvalue weighted by molar-refractivity contribution is -0.118. The van der Waals surface area contributed by atoms with Crippen LogP contribution in [0.3, 0.4) is 0 Å². The average molecular weight is 245 g/mol. The van der Waals surface area contributed by atoms with E-state index in [1.54, 1.807) is 7.11 Å². The summed E-state index contributed by atoms with van der Waals surface area (Å²) in [5.74, 6) is -0.248.